The first-order valence-electron chi connectivity index (χ1n) is 7.22. The zero-order valence-corrected chi connectivity index (χ0v) is 14.1. The first kappa shape index (κ1) is 17.3. The van der Waals surface area contributed by atoms with Crippen LogP contribution < -0.4 is 14.2 Å². The standard InChI is InChI=1S/C15H20N2O5S/c1-4-20-13-6-5-7-14(10-13)21-9-8-16-23(18,19)15-11(2)17-22-12(15)3/h5-7,10,16H,4,8-9H2,1-3H3. The molecule has 8 heteroatoms. The first-order valence-corrected chi connectivity index (χ1v) is 8.70. The van der Waals surface area contributed by atoms with Crippen molar-refractivity contribution in [2.24, 2.45) is 0 Å². The average Bonchev–Trinajstić information content (AvgIpc) is 2.84. The van der Waals surface area contributed by atoms with Gasteiger partial charge in [0.1, 0.15) is 28.7 Å². The van der Waals surface area contributed by atoms with E-state index in [-0.39, 0.29) is 23.8 Å². The van der Waals surface area contributed by atoms with Gasteiger partial charge in [-0.05, 0) is 32.9 Å². The second-order valence-corrected chi connectivity index (χ2v) is 6.51. The zero-order chi connectivity index (χ0) is 16.9. The predicted molar refractivity (Wildman–Crippen MR) is 84.3 cm³/mol. The quantitative estimate of drug-likeness (QED) is 0.740. The molecule has 0 saturated carbocycles. The molecule has 0 spiro atoms. The predicted octanol–water partition coefficient (Wildman–Crippen LogP) is 2.05. The number of nitrogens with one attached hydrogen (secondary N) is 1. The number of aryl methyl sites for hydroxylation is 2. The molecule has 0 radical (unpaired) electrons. The molecule has 2 aromatic rings. The van der Waals surface area contributed by atoms with Gasteiger partial charge in [-0.1, -0.05) is 11.2 Å². The number of hydrogen-bond acceptors (Lipinski definition) is 6. The van der Waals surface area contributed by atoms with Gasteiger partial charge in [-0.3, -0.25) is 0 Å². The van der Waals surface area contributed by atoms with Crippen molar-refractivity contribution in [1.82, 2.24) is 9.88 Å². The van der Waals surface area contributed by atoms with Crippen LogP contribution in [-0.2, 0) is 10.0 Å². The first-order chi connectivity index (χ1) is 10.9. The highest BCUT2D eigenvalue weighted by molar-refractivity contribution is 7.89. The van der Waals surface area contributed by atoms with Gasteiger partial charge in [0.2, 0.25) is 10.0 Å². The molecule has 1 N–H and O–H groups in total. The lowest BCUT2D eigenvalue weighted by Gasteiger charge is -2.09. The van der Waals surface area contributed by atoms with Crippen LogP contribution in [0.15, 0.2) is 33.7 Å². The Balaban J connectivity index is 1.89. The number of rotatable bonds is 8. The molecule has 1 heterocycles. The smallest absolute Gasteiger partial charge is 0.246 e. The van der Waals surface area contributed by atoms with Crippen LogP contribution in [0.4, 0.5) is 0 Å². The molecule has 0 amide bonds. The van der Waals surface area contributed by atoms with E-state index < -0.39 is 10.0 Å². The summed E-state index contributed by atoms with van der Waals surface area (Å²) >= 11 is 0. The highest BCUT2D eigenvalue weighted by Crippen LogP contribution is 2.20. The Hall–Kier alpha value is -2.06. The molecule has 0 aliphatic carbocycles. The molecule has 0 unspecified atom stereocenters. The van der Waals surface area contributed by atoms with Crippen molar-refractivity contribution >= 4 is 10.0 Å². The lowest BCUT2D eigenvalue weighted by atomic mass is 10.3. The van der Waals surface area contributed by atoms with Crippen LogP contribution in [0.5, 0.6) is 11.5 Å². The Kier molecular flexibility index (Phi) is 5.62. The number of ether oxygens (including phenoxy) is 2. The SMILES string of the molecule is CCOc1cccc(OCCNS(=O)(=O)c2c(C)noc2C)c1. The summed E-state index contributed by atoms with van der Waals surface area (Å²) in [4.78, 5) is 0.0795. The summed E-state index contributed by atoms with van der Waals surface area (Å²) in [7, 11) is -3.66. The molecule has 0 fully saturated rings. The van der Waals surface area contributed by atoms with Crippen LogP contribution >= 0.6 is 0 Å². The van der Waals surface area contributed by atoms with Gasteiger partial charge in [0.15, 0.2) is 5.76 Å². The number of aromatic nitrogens is 1. The van der Waals surface area contributed by atoms with E-state index in [2.05, 4.69) is 9.88 Å². The van der Waals surface area contributed by atoms with Crippen molar-refractivity contribution in [3.05, 3.63) is 35.7 Å². The third kappa shape index (κ3) is 4.46. The van der Waals surface area contributed by atoms with E-state index >= 15 is 0 Å². The van der Waals surface area contributed by atoms with E-state index in [4.69, 9.17) is 14.0 Å². The summed E-state index contributed by atoms with van der Waals surface area (Å²) in [6, 6.07) is 7.18. The molecule has 0 atom stereocenters. The number of sulfonamides is 1. The van der Waals surface area contributed by atoms with E-state index in [0.717, 1.165) is 0 Å². The van der Waals surface area contributed by atoms with Crippen LogP contribution in [0.2, 0.25) is 0 Å². The van der Waals surface area contributed by atoms with Gasteiger partial charge in [-0.15, -0.1) is 0 Å². The van der Waals surface area contributed by atoms with Crippen LogP contribution in [-0.4, -0.2) is 33.3 Å². The topological polar surface area (TPSA) is 90.7 Å². The van der Waals surface area contributed by atoms with Gasteiger partial charge in [-0.25, -0.2) is 13.1 Å². The summed E-state index contributed by atoms with van der Waals surface area (Å²) in [5.74, 6) is 1.59. The Morgan fingerprint density at radius 1 is 1.22 bits per heavy atom. The normalized spacial score (nSPS) is 11.4. The Labute approximate surface area is 135 Å². The molecular formula is C15H20N2O5S. The van der Waals surface area contributed by atoms with Gasteiger partial charge in [-0.2, -0.15) is 0 Å². The molecule has 0 saturated heterocycles. The van der Waals surface area contributed by atoms with E-state index in [1.165, 1.54) is 0 Å². The molecular weight excluding hydrogens is 320 g/mol. The largest absolute Gasteiger partial charge is 0.494 e. The minimum absolute atomic E-state index is 0.0795. The van der Waals surface area contributed by atoms with E-state index in [1.807, 2.05) is 19.1 Å². The third-order valence-corrected chi connectivity index (χ3v) is 4.72. The maximum Gasteiger partial charge on any atom is 0.246 e. The maximum absolute atomic E-state index is 12.2. The lowest BCUT2D eigenvalue weighted by Crippen LogP contribution is -2.29. The fourth-order valence-corrected chi connectivity index (χ4v) is 3.43. The van der Waals surface area contributed by atoms with Gasteiger partial charge in [0, 0.05) is 12.6 Å². The summed E-state index contributed by atoms with van der Waals surface area (Å²) in [6.07, 6.45) is 0. The van der Waals surface area contributed by atoms with E-state index in [0.29, 0.717) is 23.8 Å². The molecule has 2 rings (SSSR count). The van der Waals surface area contributed by atoms with Crippen molar-refractivity contribution in [3.8, 4) is 11.5 Å². The van der Waals surface area contributed by atoms with Crippen molar-refractivity contribution in [2.75, 3.05) is 19.8 Å². The summed E-state index contributed by atoms with van der Waals surface area (Å²) in [6.45, 7) is 5.94. The maximum atomic E-state index is 12.2. The van der Waals surface area contributed by atoms with Gasteiger partial charge in [0.25, 0.3) is 0 Å². The fourth-order valence-electron chi connectivity index (χ4n) is 2.10. The van der Waals surface area contributed by atoms with Gasteiger partial charge < -0.3 is 14.0 Å². The summed E-state index contributed by atoms with van der Waals surface area (Å²) in [5.41, 5.74) is 0.334. The van der Waals surface area contributed by atoms with Crippen LogP contribution in [0.1, 0.15) is 18.4 Å². The van der Waals surface area contributed by atoms with Gasteiger partial charge >= 0.3 is 0 Å². The fraction of sp³-hybridized carbons (Fsp3) is 0.400. The number of nitrogens with zero attached hydrogens (tertiary/aromatic N) is 1. The monoisotopic (exact) mass is 340 g/mol. The minimum Gasteiger partial charge on any atom is -0.494 e. The minimum atomic E-state index is -3.66. The molecule has 23 heavy (non-hydrogen) atoms. The van der Waals surface area contributed by atoms with Crippen molar-refractivity contribution in [1.29, 1.82) is 0 Å². The second kappa shape index (κ2) is 7.47. The molecule has 0 aliphatic heterocycles. The lowest BCUT2D eigenvalue weighted by molar-refractivity contribution is 0.313. The summed E-state index contributed by atoms with van der Waals surface area (Å²) < 4.78 is 42.6. The third-order valence-electron chi connectivity index (χ3n) is 3.02. The Morgan fingerprint density at radius 3 is 2.52 bits per heavy atom. The zero-order valence-electron chi connectivity index (χ0n) is 13.3. The van der Waals surface area contributed by atoms with Gasteiger partial charge in [0.05, 0.1) is 6.61 Å². The highest BCUT2D eigenvalue weighted by Gasteiger charge is 2.23. The molecule has 7 nitrogen and oxygen atoms in total. The van der Waals surface area contributed by atoms with Crippen molar-refractivity contribution in [2.45, 2.75) is 25.7 Å². The highest BCUT2D eigenvalue weighted by atomic mass is 32.2. The number of hydrogen-bond donors (Lipinski definition) is 1. The van der Waals surface area contributed by atoms with E-state index in [1.54, 1.807) is 26.0 Å². The van der Waals surface area contributed by atoms with Crippen LogP contribution in [0, 0.1) is 13.8 Å². The van der Waals surface area contributed by atoms with Crippen LogP contribution in [0.3, 0.4) is 0 Å². The molecule has 126 valence electrons. The Bertz CT molecular complexity index is 735. The second-order valence-electron chi connectivity index (χ2n) is 4.81. The molecule has 1 aromatic carbocycles. The number of benzene rings is 1. The van der Waals surface area contributed by atoms with Crippen molar-refractivity contribution in [3.63, 3.8) is 0 Å². The molecule has 1 aromatic heterocycles. The van der Waals surface area contributed by atoms with E-state index in [9.17, 15) is 8.42 Å². The van der Waals surface area contributed by atoms with Crippen molar-refractivity contribution < 1.29 is 22.4 Å². The Morgan fingerprint density at radius 2 is 1.91 bits per heavy atom. The van der Waals surface area contributed by atoms with Crippen LogP contribution in [0.25, 0.3) is 0 Å². The molecule has 0 bridgehead atoms. The average molecular weight is 340 g/mol. The molecule has 0 aliphatic rings. The summed E-state index contributed by atoms with van der Waals surface area (Å²) in [5, 5.41) is 3.65.